The standard InChI is InChI=1S/C4H11O5P/c1-8-10(6,7)9-4-2-3-5/h5H,2-4H2,1H3,(H,6,7). The molecule has 0 saturated carbocycles. The van der Waals surface area contributed by atoms with Crippen LogP contribution in [0.4, 0.5) is 0 Å². The van der Waals surface area contributed by atoms with Gasteiger partial charge in [0.25, 0.3) is 0 Å². The molecule has 10 heavy (non-hydrogen) atoms. The first-order chi connectivity index (χ1) is 4.62. The van der Waals surface area contributed by atoms with Gasteiger partial charge in [0, 0.05) is 13.7 Å². The predicted octanol–water partition coefficient (Wildman–Crippen LogP) is 0.132. The van der Waals surface area contributed by atoms with Gasteiger partial charge < -0.3 is 10.00 Å². The highest BCUT2D eigenvalue weighted by molar-refractivity contribution is 7.47. The molecule has 0 rings (SSSR count). The molecule has 0 amide bonds. The summed E-state index contributed by atoms with van der Waals surface area (Å²) in [5, 5.41) is 8.24. The normalized spacial score (nSPS) is 16.7. The molecule has 62 valence electrons. The molecule has 1 unspecified atom stereocenters. The number of aliphatic hydroxyl groups excluding tert-OH is 1. The summed E-state index contributed by atoms with van der Waals surface area (Å²) < 4.78 is 18.9. The largest absolute Gasteiger partial charge is 0.471 e. The Hall–Kier alpha value is 0.0700. The van der Waals surface area contributed by atoms with Crippen molar-refractivity contribution in [3.63, 3.8) is 0 Å². The van der Waals surface area contributed by atoms with E-state index in [1.54, 1.807) is 0 Å². The summed E-state index contributed by atoms with van der Waals surface area (Å²) in [6.45, 7) is -0.0398. The molecule has 0 aliphatic rings. The highest BCUT2D eigenvalue weighted by Gasteiger charge is 2.16. The Morgan fingerprint density at radius 3 is 2.60 bits per heavy atom. The van der Waals surface area contributed by atoms with E-state index in [0.717, 1.165) is 7.11 Å². The van der Waals surface area contributed by atoms with Gasteiger partial charge in [0.2, 0.25) is 0 Å². The minimum atomic E-state index is -3.81. The molecule has 2 N–H and O–H groups in total. The molecule has 0 fully saturated rings. The fraction of sp³-hybridized carbons (Fsp3) is 1.00. The van der Waals surface area contributed by atoms with E-state index in [1.165, 1.54) is 0 Å². The van der Waals surface area contributed by atoms with Crippen molar-refractivity contribution in [2.45, 2.75) is 6.42 Å². The molecule has 0 aromatic heterocycles. The van der Waals surface area contributed by atoms with Gasteiger partial charge in [0.15, 0.2) is 0 Å². The lowest BCUT2D eigenvalue weighted by Gasteiger charge is -2.07. The summed E-state index contributed by atoms with van der Waals surface area (Å²) in [5.41, 5.74) is 0. The van der Waals surface area contributed by atoms with Gasteiger partial charge >= 0.3 is 7.82 Å². The van der Waals surface area contributed by atoms with E-state index in [2.05, 4.69) is 9.05 Å². The van der Waals surface area contributed by atoms with Gasteiger partial charge in [-0.3, -0.25) is 9.05 Å². The molecule has 0 aromatic carbocycles. The summed E-state index contributed by atoms with van der Waals surface area (Å²) in [4.78, 5) is 8.58. The maximum absolute atomic E-state index is 10.5. The molecule has 0 aromatic rings. The highest BCUT2D eigenvalue weighted by atomic mass is 31.2. The zero-order chi connectivity index (χ0) is 8.04. The SMILES string of the molecule is COP(=O)(O)OCCCO. The molecule has 0 radical (unpaired) electrons. The Morgan fingerprint density at radius 1 is 1.60 bits per heavy atom. The highest BCUT2D eigenvalue weighted by Crippen LogP contribution is 2.41. The lowest BCUT2D eigenvalue weighted by atomic mass is 10.5. The Morgan fingerprint density at radius 2 is 2.20 bits per heavy atom. The zero-order valence-electron chi connectivity index (χ0n) is 5.69. The number of phosphoric acid groups is 1. The molecule has 0 aliphatic heterocycles. The van der Waals surface area contributed by atoms with E-state index in [4.69, 9.17) is 10.00 Å². The molecule has 0 bridgehead atoms. The van der Waals surface area contributed by atoms with Crippen molar-refractivity contribution in [3.8, 4) is 0 Å². The summed E-state index contributed by atoms with van der Waals surface area (Å²) in [6.07, 6.45) is 0.327. The Bertz CT molecular complexity index is 125. The minimum absolute atomic E-state index is 0.0259. The number of hydrogen-bond donors (Lipinski definition) is 2. The van der Waals surface area contributed by atoms with Crippen LogP contribution in [0, 0.1) is 0 Å². The Labute approximate surface area is 59.2 Å². The van der Waals surface area contributed by atoms with E-state index in [1.807, 2.05) is 0 Å². The van der Waals surface area contributed by atoms with Gasteiger partial charge in [-0.25, -0.2) is 4.57 Å². The van der Waals surface area contributed by atoms with E-state index < -0.39 is 7.82 Å². The van der Waals surface area contributed by atoms with Crippen LogP contribution in [0.2, 0.25) is 0 Å². The topological polar surface area (TPSA) is 76.0 Å². The van der Waals surface area contributed by atoms with Crippen molar-refractivity contribution in [1.29, 1.82) is 0 Å². The van der Waals surface area contributed by atoms with Gasteiger partial charge in [0.1, 0.15) is 0 Å². The van der Waals surface area contributed by atoms with Crippen LogP contribution in [0.5, 0.6) is 0 Å². The Kier molecular flexibility index (Phi) is 4.85. The molecule has 0 spiro atoms. The molecule has 0 heterocycles. The quantitative estimate of drug-likeness (QED) is 0.453. The van der Waals surface area contributed by atoms with E-state index in [0.29, 0.717) is 6.42 Å². The molecule has 6 heteroatoms. The average molecular weight is 170 g/mol. The van der Waals surface area contributed by atoms with E-state index >= 15 is 0 Å². The van der Waals surface area contributed by atoms with Crippen molar-refractivity contribution in [2.75, 3.05) is 20.3 Å². The van der Waals surface area contributed by atoms with Crippen LogP contribution in [0.3, 0.4) is 0 Å². The van der Waals surface area contributed by atoms with Crippen molar-refractivity contribution in [1.82, 2.24) is 0 Å². The summed E-state index contributed by atoms with van der Waals surface area (Å²) in [7, 11) is -2.73. The summed E-state index contributed by atoms with van der Waals surface area (Å²) in [5.74, 6) is 0. The third-order valence-corrected chi connectivity index (χ3v) is 1.76. The summed E-state index contributed by atoms with van der Waals surface area (Å²) >= 11 is 0. The van der Waals surface area contributed by atoms with E-state index in [-0.39, 0.29) is 13.2 Å². The summed E-state index contributed by atoms with van der Waals surface area (Å²) in [6, 6.07) is 0. The molecule has 5 nitrogen and oxygen atoms in total. The maximum Gasteiger partial charge on any atom is 0.471 e. The monoisotopic (exact) mass is 170 g/mol. The maximum atomic E-state index is 10.5. The number of rotatable bonds is 5. The third kappa shape index (κ3) is 4.90. The van der Waals surface area contributed by atoms with Crippen LogP contribution in [-0.2, 0) is 13.6 Å². The second kappa shape index (κ2) is 4.82. The van der Waals surface area contributed by atoms with Crippen LogP contribution >= 0.6 is 7.82 Å². The zero-order valence-corrected chi connectivity index (χ0v) is 6.58. The molecular formula is C4H11O5P. The first-order valence-electron chi connectivity index (χ1n) is 2.76. The van der Waals surface area contributed by atoms with Crippen LogP contribution in [0.1, 0.15) is 6.42 Å². The lowest BCUT2D eigenvalue weighted by molar-refractivity contribution is 0.158. The van der Waals surface area contributed by atoms with Crippen LogP contribution < -0.4 is 0 Å². The fourth-order valence-corrected chi connectivity index (χ4v) is 0.762. The fourth-order valence-electron chi connectivity index (χ4n) is 0.297. The van der Waals surface area contributed by atoms with Gasteiger partial charge in [-0.05, 0) is 6.42 Å². The van der Waals surface area contributed by atoms with Crippen molar-refractivity contribution in [2.24, 2.45) is 0 Å². The number of hydrogen-bond acceptors (Lipinski definition) is 4. The first-order valence-corrected chi connectivity index (χ1v) is 4.26. The van der Waals surface area contributed by atoms with Gasteiger partial charge in [-0.1, -0.05) is 0 Å². The van der Waals surface area contributed by atoms with Crippen molar-refractivity contribution >= 4 is 7.82 Å². The first kappa shape index (κ1) is 10.1. The van der Waals surface area contributed by atoms with Crippen LogP contribution in [0.15, 0.2) is 0 Å². The second-order valence-electron chi connectivity index (χ2n) is 1.56. The minimum Gasteiger partial charge on any atom is -0.396 e. The molecule has 1 atom stereocenters. The lowest BCUT2D eigenvalue weighted by Crippen LogP contribution is -1.96. The smallest absolute Gasteiger partial charge is 0.396 e. The van der Waals surface area contributed by atoms with Crippen molar-refractivity contribution in [3.05, 3.63) is 0 Å². The Balaban J connectivity index is 3.38. The van der Waals surface area contributed by atoms with Gasteiger partial charge in [0.05, 0.1) is 6.61 Å². The van der Waals surface area contributed by atoms with Crippen molar-refractivity contribution < 1.29 is 23.6 Å². The molecule has 0 saturated heterocycles. The number of aliphatic hydroxyl groups is 1. The average Bonchev–Trinajstić information content (AvgIpc) is 1.89. The van der Waals surface area contributed by atoms with Crippen LogP contribution in [0.25, 0.3) is 0 Å². The molecule has 0 aliphatic carbocycles. The number of phosphoric ester groups is 1. The third-order valence-electron chi connectivity index (χ3n) is 0.788. The predicted molar refractivity (Wildman–Crippen MR) is 34.5 cm³/mol. The second-order valence-corrected chi connectivity index (χ2v) is 3.12. The van der Waals surface area contributed by atoms with E-state index in [9.17, 15) is 4.57 Å². The molecular weight excluding hydrogens is 159 g/mol. The van der Waals surface area contributed by atoms with Crippen LogP contribution in [-0.4, -0.2) is 30.3 Å². The van der Waals surface area contributed by atoms with Gasteiger partial charge in [-0.15, -0.1) is 0 Å². The van der Waals surface area contributed by atoms with Gasteiger partial charge in [-0.2, -0.15) is 0 Å².